The molecule has 0 spiro atoms. The van der Waals surface area contributed by atoms with Crippen LogP contribution in [0.15, 0.2) is 0 Å². The molecule has 5 nitrogen and oxygen atoms in total. The molecule has 0 bridgehead atoms. The molecule has 0 atom stereocenters. The second kappa shape index (κ2) is 7.93. The second-order valence-electron chi connectivity index (χ2n) is 1.42. The maximum atomic E-state index is 9.63. The molecule has 0 heterocycles. The Labute approximate surface area is 77.8 Å². The number of hydrogen-bond donors (Lipinski definition) is 3. The van der Waals surface area contributed by atoms with Crippen LogP contribution in [0.2, 0.25) is 0 Å². The van der Waals surface area contributed by atoms with Crippen molar-refractivity contribution in [3.63, 3.8) is 0 Å². The Morgan fingerprint density at radius 1 is 1.50 bits per heavy atom. The average Bonchev–Trinajstić information content (AvgIpc) is 1.63. The number of rotatable bonds is 2. The first kappa shape index (κ1) is 13.4. The van der Waals surface area contributed by atoms with Crippen LogP contribution in [0.25, 0.3) is 0 Å². The zero-order chi connectivity index (χ0) is 8.62. The van der Waals surface area contributed by atoms with Crippen molar-refractivity contribution in [3.05, 3.63) is 0 Å². The van der Waals surface area contributed by atoms with Crippen molar-refractivity contribution in [2.75, 3.05) is 16.2 Å². The maximum absolute atomic E-state index is 9.63. The van der Waals surface area contributed by atoms with Gasteiger partial charge in [0.25, 0.3) is 10.1 Å². The van der Waals surface area contributed by atoms with E-state index in [1.165, 1.54) is 0 Å². The molecule has 0 aromatic rings. The zero-order valence-corrected chi connectivity index (χ0v) is 8.63. The Kier molecular flexibility index (Phi) is 10.6. The van der Waals surface area contributed by atoms with E-state index in [1.54, 1.807) is 0 Å². The van der Waals surface area contributed by atoms with E-state index >= 15 is 0 Å². The quantitative estimate of drug-likeness (QED) is 0.334. The fourth-order valence-electron chi connectivity index (χ4n) is 0.115. The topological polar surface area (TPSA) is 101 Å². The van der Waals surface area contributed by atoms with Crippen LogP contribution >= 0.6 is 0 Å². The van der Waals surface area contributed by atoms with Crippen LogP contribution in [-0.4, -0.2) is 62.2 Å². The largest absolute Gasteiger partial charge is 0.395 e. The van der Waals surface area contributed by atoms with Gasteiger partial charge in [-0.25, -0.2) is 0 Å². The van der Waals surface area contributed by atoms with E-state index in [9.17, 15) is 8.42 Å². The second-order valence-corrected chi connectivity index (χ2v) is 3.81. The summed E-state index contributed by atoms with van der Waals surface area (Å²) < 4.78 is 28.0. The molecule has 0 rings (SSSR count). The van der Waals surface area contributed by atoms with Crippen molar-refractivity contribution in [2.24, 2.45) is 5.73 Å². The molecule has 0 unspecified atom stereocenters. The molecule has 7 heteroatoms. The summed E-state index contributed by atoms with van der Waals surface area (Å²) in [4.78, 5) is 0. The summed E-state index contributed by atoms with van der Waals surface area (Å²) in [6.45, 7) is -0.529. The Balaban J connectivity index is 0. The Bertz CT molecular complexity index is 145. The number of hydrogen-bond acceptors (Lipinski definition) is 4. The third-order valence-electron chi connectivity index (χ3n) is 0.349. The van der Waals surface area contributed by atoms with E-state index in [1.807, 2.05) is 0 Å². The smallest absolute Gasteiger partial charge is 0.267 e. The molecule has 0 aliphatic carbocycles. The van der Waals surface area contributed by atoms with Crippen LogP contribution in [0, 0.1) is 0 Å². The van der Waals surface area contributed by atoms with Gasteiger partial charge >= 0.3 is 37.5 Å². The molecule has 0 amide bonds. The first-order chi connectivity index (χ1) is 4.47. The maximum Gasteiger partial charge on any atom is 0.267 e. The van der Waals surface area contributed by atoms with Crippen molar-refractivity contribution in [2.45, 2.75) is 0 Å². The first-order valence-corrected chi connectivity index (χ1v) is 5.76. The fourth-order valence-corrected chi connectivity index (χ4v) is 0.346. The predicted octanol–water partition coefficient (Wildman–Crippen LogP) is -2.06. The Hall–Kier alpha value is 0.830. The molecular formula is C3H10NNaO4S. The zero-order valence-electron chi connectivity index (χ0n) is 5.82. The van der Waals surface area contributed by atoms with Gasteiger partial charge < -0.3 is 5.11 Å². The number of nitrogens with two attached hydrogens (primary N) is 1. The molecule has 10 heavy (non-hydrogen) atoms. The molecule has 0 radical (unpaired) electrons. The minimum Gasteiger partial charge on any atom is -0.395 e. The van der Waals surface area contributed by atoms with Gasteiger partial charge in [-0.1, -0.05) is 0 Å². The minimum atomic E-state index is -3.92. The summed E-state index contributed by atoms with van der Waals surface area (Å²) in [5.41, 5.74) is 4.91. The molecule has 0 saturated carbocycles. The summed E-state index contributed by atoms with van der Waals surface area (Å²) in [5.74, 6) is -0.576. The fraction of sp³-hybridized carbons (Fsp3) is 1.00. The monoisotopic (exact) mass is 179 g/mol. The third kappa shape index (κ3) is 23.2. The van der Waals surface area contributed by atoms with Crippen LogP contribution in [0.3, 0.4) is 0 Å². The summed E-state index contributed by atoms with van der Waals surface area (Å²) >= 11 is 1.15. The summed E-state index contributed by atoms with van der Waals surface area (Å²) in [5, 5.41) is 7.86. The molecule has 0 aliphatic rings. The van der Waals surface area contributed by atoms with Gasteiger partial charge in [-0.3, -0.25) is 4.55 Å². The average molecular weight is 179 g/mol. The minimum absolute atomic E-state index is 0.529. The van der Waals surface area contributed by atoms with Crippen molar-refractivity contribution in [1.82, 2.24) is 0 Å². The molecular weight excluding hydrogens is 169 g/mol. The van der Waals surface area contributed by atoms with Crippen LogP contribution in [0.1, 0.15) is 0 Å². The van der Waals surface area contributed by atoms with Gasteiger partial charge in [-0.15, -0.1) is 0 Å². The van der Waals surface area contributed by atoms with Crippen LogP contribution in [0.5, 0.6) is 0 Å². The van der Waals surface area contributed by atoms with Crippen molar-refractivity contribution >= 4 is 38.0 Å². The molecule has 0 fully saturated rings. The van der Waals surface area contributed by atoms with Crippen LogP contribution in [0.4, 0.5) is 0 Å². The van der Waals surface area contributed by atoms with Gasteiger partial charge in [-0.05, 0) is 0 Å². The van der Waals surface area contributed by atoms with E-state index in [-0.39, 0.29) is 0 Å². The normalized spacial score (nSPS) is 10.1. The summed E-state index contributed by atoms with van der Waals surface area (Å²) in [7, 11) is -3.92. The van der Waals surface area contributed by atoms with Crippen molar-refractivity contribution in [1.29, 1.82) is 0 Å². The van der Waals surface area contributed by atoms with E-state index in [0.717, 1.165) is 31.7 Å². The molecule has 58 valence electrons. The van der Waals surface area contributed by atoms with Crippen molar-refractivity contribution in [3.8, 4) is 0 Å². The van der Waals surface area contributed by atoms with Gasteiger partial charge in [0.1, 0.15) is 0 Å². The van der Waals surface area contributed by atoms with E-state index in [0.29, 0.717) is 0 Å². The summed E-state index contributed by atoms with van der Waals surface area (Å²) in [6.07, 6.45) is 0. The molecule has 0 aromatic heterocycles. The number of aliphatic hydroxyl groups is 1. The van der Waals surface area contributed by atoms with Gasteiger partial charge in [0.2, 0.25) is 0 Å². The predicted molar refractivity (Wildman–Crippen MR) is 38.3 cm³/mol. The third-order valence-corrected chi connectivity index (χ3v) is 1.05. The van der Waals surface area contributed by atoms with E-state index in [4.69, 9.17) is 15.4 Å². The standard InChI is InChI=1S/C2H6O4S.CH4N.Na/c3-1-2-7(4,5)6;1-2;/h3H,1-2H2,(H,4,5,6);1-2H2;. The Morgan fingerprint density at radius 2 is 1.80 bits per heavy atom. The molecule has 0 aliphatic heterocycles. The molecule has 0 aromatic carbocycles. The van der Waals surface area contributed by atoms with Gasteiger partial charge in [0, 0.05) is 0 Å². The number of aliphatic hydroxyl groups excluding tert-OH is 1. The van der Waals surface area contributed by atoms with Gasteiger partial charge in [-0.2, -0.15) is 8.42 Å². The SMILES string of the molecule is N[CH2][Na].O=S(=O)(O)CCO. The molecule has 0 saturated heterocycles. The summed E-state index contributed by atoms with van der Waals surface area (Å²) in [6, 6.07) is 0. The van der Waals surface area contributed by atoms with E-state index in [2.05, 4.69) is 0 Å². The van der Waals surface area contributed by atoms with Gasteiger partial charge in [0.05, 0.1) is 12.4 Å². The first-order valence-electron chi connectivity index (χ1n) is 2.74. The van der Waals surface area contributed by atoms with Crippen LogP contribution < -0.4 is 5.73 Å². The van der Waals surface area contributed by atoms with Gasteiger partial charge in [0.15, 0.2) is 0 Å². The molecule has 4 N–H and O–H groups in total. The van der Waals surface area contributed by atoms with E-state index < -0.39 is 22.5 Å². The Morgan fingerprint density at radius 3 is 1.80 bits per heavy atom. The van der Waals surface area contributed by atoms with Crippen molar-refractivity contribution < 1.29 is 18.1 Å². The van der Waals surface area contributed by atoms with Crippen LogP contribution in [-0.2, 0) is 10.1 Å².